The topological polar surface area (TPSA) is 42.2 Å². The molecule has 1 N–H and O–H groups in total. The van der Waals surface area contributed by atoms with Crippen molar-refractivity contribution in [1.29, 1.82) is 0 Å². The summed E-state index contributed by atoms with van der Waals surface area (Å²) in [5.41, 5.74) is 1.66. The van der Waals surface area contributed by atoms with E-state index in [0.29, 0.717) is 12.1 Å². The van der Waals surface area contributed by atoms with Crippen molar-refractivity contribution in [1.82, 2.24) is 4.57 Å². The fourth-order valence-corrected chi connectivity index (χ4v) is 1.66. The molecule has 14 heavy (non-hydrogen) atoms. The highest BCUT2D eigenvalue weighted by Gasteiger charge is 2.05. The highest BCUT2D eigenvalue weighted by molar-refractivity contribution is 5.97. The summed E-state index contributed by atoms with van der Waals surface area (Å²) >= 11 is 0. The number of hydrogen-bond donors (Lipinski definition) is 1. The summed E-state index contributed by atoms with van der Waals surface area (Å²) in [6.45, 7) is 0.603. The Balaban J connectivity index is 2.66. The normalized spacial score (nSPS) is 10.6. The molecule has 0 bridgehead atoms. The number of fused-ring (bicyclic) bond motifs is 1. The Bertz CT molecular complexity index is 459. The van der Waals surface area contributed by atoms with Crippen LogP contribution in [0.25, 0.3) is 10.9 Å². The van der Waals surface area contributed by atoms with Gasteiger partial charge in [-0.2, -0.15) is 0 Å². The second-order valence-electron chi connectivity index (χ2n) is 3.14. The van der Waals surface area contributed by atoms with Gasteiger partial charge in [0.15, 0.2) is 6.29 Å². The van der Waals surface area contributed by atoms with Crippen LogP contribution >= 0.6 is 0 Å². The van der Waals surface area contributed by atoms with Gasteiger partial charge in [-0.1, -0.05) is 18.2 Å². The van der Waals surface area contributed by atoms with Gasteiger partial charge in [-0.05, 0) is 6.07 Å². The minimum Gasteiger partial charge on any atom is -0.395 e. The van der Waals surface area contributed by atoms with Crippen LogP contribution in [-0.4, -0.2) is 22.6 Å². The van der Waals surface area contributed by atoms with E-state index in [1.54, 1.807) is 6.20 Å². The van der Waals surface area contributed by atoms with Gasteiger partial charge in [-0.15, -0.1) is 0 Å². The fourth-order valence-electron chi connectivity index (χ4n) is 1.66. The van der Waals surface area contributed by atoms with Crippen molar-refractivity contribution < 1.29 is 9.90 Å². The zero-order valence-corrected chi connectivity index (χ0v) is 7.68. The van der Waals surface area contributed by atoms with E-state index in [1.165, 1.54) is 0 Å². The molecule has 1 heterocycles. The van der Waals surface area contributed by atoms with Gasteiger partial charge in [0.2, 0.25) is 0 Å². The van der Waals surface area contributed by atoms with Crippen LogP contribution in [0.3, 0.4) is 0 Å². The maximum atomic E-state index is 10.8. The van der Waals surface area contributed by atoms with Gasteiger partial charge >= 0.3 is 0 Å². The molecule has 0 atom stereocenters. The van der Waals surface area contributed by atoms with Crippen LogP contribution in [0.1, 0.15) is 10.4 Å². The SMILES string of the molecule is O=Cc1cn(CCO)c2ccccc12. The van der Waals surface area contributed by atoms with Gasteiger partial charge in [0.05, 0.1) is 6.61 Å². The highest BCUT2D eigenvalue weighted by atomic mass is 16.3. The van der Waals surface area contributed by atoms with E-state index in [2.05, 4.69) is 0 Å². The number of benzene rings is 1. The Labute approximate surface area is 81.6 Å². The summed E-state index contributed by atoms with van der Waals surface area (Å²) < 4.78 is 1.89. The molecular formula is C11H11NO2. The number of nitrogens with zero attached hydrogens (tertiary/aromatic N) is 1. The van der Waals surface area contributed by atoms with Gasteiger partial charge in [0.25, 0.3) is 0 Å². The minimum absolute atomic E-state index is 0.0803. The number of hydrogen-bond acceptors (Lipinski definition) is 2. The molecule has 3 heteroatoms. The molecule has 0 aliphatic carbocycles. The molecule has 0 amide bonds. The summed E-state index contributed by atoms with van der Waals surface area (Å²) in [6, 6.07) is 7.67. The second kappa shape index (κ2) is 3.64. The summed E-state index contributed by atoms with van der Waals surface area (Å²) in [7, 11) is 0. The Morgan fingerprint density at radius 1 is 1.36 bits per heavy atom. The van der Waals surface area contributed by atoms with Crippen molar-refractivity contribution in [2.75, 3.05) is 6.61 Å². The lowest BCUT2D eigenvalue weighted by atomic mass is 10.2. The lowest BCUT2D eigenvalue weighted by molar-refractivity contribution is 0.112. The maximum absolute atomic E-state index is 10.8. The molecule has 0 saturated heterocycles. The van der Waals surface area contributed by atoms with Gasteiger partial charge in [0, 0.05) is 29.2 Å². The predicted octanol–water partition coefficient (Wildman–Crippen LogP) is 1.45. The van der Waals surface area contributed by atoms with Gasteiger partial charge < -0.3 is 9.67 Å². The van der Waals surface area contributed by atoms with Crippen molar-refractivity contribution in [3.8, 4) is 0 Å². The number of aliphatic hydroxyl groups excluding tert-OH is 1. The smallest absolute Gasteiger partial charge is 0.152 e. The van der Waals surface area contributed by atoms with Gasteiger partial charge in [0.1, 0.15) is 0 Å². The molecule has 2 rings (SSSR count). The first-order chi connectivity index (χ1) is 6.86. The van der Waals surface area contributed by atoms with Gasteiger partial charge in [-0.25, -0.2) is 0 Å². The molecule has 0 aliphatic rings. The van der Waals surface area contributed by atoms with Crippen LogP contribution < -0.4 is 0 Å². The first-order valence-electron chi connectivity index (χ1n) is 4.50. The number of para-hydroxylation sites is 1. The Hall–Kier alpha value is -1.61. The van der Waals surface area contributed by atoms with Gasteiger partial charge in [-0.3, -0.25) is 4.79 Å². The number of aliphatic hydroxyl groups is 1. The zero-order chi connectivity index (χ0) is 9.97. The number of carbonyl (C=O) groups excluding carboxylic acids is 1. The second-order valence-corrected chi connectivity index (χ2v) is 3.14. The Morgan fingerprint density at radius 2 is 2.14 bits per heavy atom. The van der Waals surface area contributed by atoms with Crippen LogP contribution in [-0.2, 0) is 6.54 Å². The van der Waals surface area contributed by atoms with Crippen LogP contribution in [0.15, 0.2) is 30.5 Å². The first kappa shape index (κ1) is 8.97. The van der Waals surface area contributed by atoms with Crippen molar-refractivity contribution in [2.24, 2.45) is 0 Å². The molecule has 0 spiro atoms. The molecule has 1 aromatic heterocycles. The Morgan fingerprint density at radius 3 is 2.86 bits per heavy atom. The number of aromatic nitrogens is 1. The third-order valence-electron chi connectivity index (χ3n) is 2.29. The zero-order valence-electron chi connectivity index (χ0n) is 7.68. The molecule has 72 valence electrons. The van der Waals surface area contributed by atoms with E-state index in [-0.39, 0.29) is 6.61 Å². The van der Waals surface area contributed by atoms with E-state index in [4.69, 9.17) is 5.11 Å². The summed E-state index contributed by atoms with van der Waals surface area (Å²) in [4.78, 5) is 10.8. The first-order valence-corrected chi connectivity index (χ1v) is 4.50. The van der Waals surface area contributed by atoms with Crippen molar-refractivity contribution in [2.45, 2.75) is 6.54 Å². The lowest BCUT2D eigenvalue weighted by Gasteiger charge is -2.00. The van der Waals surface area contributed by atoms with E-state index < -0.39 is 0 Å². The van der Waals surface area contributed by atoms with E-state index in [0.717, 1.165) is 17.2 Å². The molecular weight excluding hydrogens is 178 g/mol. The fraction of sp³-hybridized carbons (Fsp3) is 0.182. The standard InChI is InChI=1S/C11H11NO2/c13-6-5-12-7-9(8-14)10-3-1-2-4-11(10)12/h1-4,7-8,13H,5-6H2. The summed E-state index contributed by atoms with van der Waals surface area (Å²) in [5, 5.41) is 9.79. The van der Waals surface area contributed by atoms with Crippen molar-refractivity contribution in [3.63, 3.8) is 0 Å². The Kier molecular flexibility index (Phi) is 2.33. The number of carbonyl (C=O) groups is 1. The van der Waals surface area contributed by atoms with Crippen LogP contribution in [0.4, 0.5) is 0 Å². The summed E-state index contributed by atoms with van der Waals surface area (Å²) in [5.74, 6) is 0. The predicted molar refractivity (Wildman–Crippen MR) is 54.4 cm³/mol. The molecule has 0 unspecified atom stereocenters. The average molecular weight is 189 g/mol. The molecule has 0 aliphatic heterocycles. The quantitative estimate of drug-likeness (QED) is 0.742. The molecule has 2 aromatic rings. The molecule has 1 aromatic carbocycles. The maximum Gasteiger partial charge on any atom is 0.152 e. The number of rotatable bonds is 3. The minimum atomic E-state index is 0.0803. The van der Waals surface area contributed by atoms with E-state index in [9.17, 15) is 4.79 Å². The van der Waals surface area contributed by atoms with Crippen LogP contribution in [0.2, 0.25) is 0 Å². The molecule has 0 saturated carbocycles. The van der Waals surface area contributed by atoms with Crippen LogP contribution in [0, 0.1) is 0 Å². The van der Waals surface area contributed by atoms with E-state index >= 15 is 0 Å². The average Bonchev–Trinajstić information content (AvgIpc) is 2.58. The highest BCUT2D eigenvalue weighted by Crippen LogP contribution is 2.19. The number of aldehydes is 1. The summed E-state index contributed by atoms with van der Waals surface area (Å²) in [6.07, 6.45) is 2.62. The third kappa shape index (κ3) is 1.32. The van der Waals surface area contributed by atoms with Crippen molar-refractivity contribution in [3.05, 3.63) is 36.0 Å². The third-order valence-corrected chi connectivity index (χ3v) is 2.29. The van der Waals surface area contributed by atoms with E-state index in [1.807, 2.05) is 28.8 Å². The molecule has 0 fully saturated rings. The van der Waals surface area contributed by atoms with Crippen molar-refractivity contribution >= 4 is 17.2 Å². The monoisotopic (exact) mass is 189 g/mol. The lowest BCUT2D eigenvalue weighted by Crippen LogP contribution is -1.99. The molecule has 3 nitrogen and oxygen atoms in total. The van der Waals surface area contributed by atoms with Crippen LogP contribution in [0.5, 0.6) is 0 Å². The largest absolute Gasteiger partial charge is 0.395 e. The molecule has 0 radical (unpaired) electrons.